The summed E-state index contributed by atoms with van der Waals surface area (Å²) in [5, 5.41) is 15.5. The number of amides is 2. The Morgan fingerprint density at radius 2 is 2.04 bits per heavy atom. The van der Waals surface area contributed by atoms with Gasteiger partial charge in [0.05, 0.1) is 10.6 Å². The lowest BCUT2D eigenvalue weighted by atomic mass is 10.2. The van der Waals surface area contributed by atoms with Crippen molar-refractivity contribution >= 4 is 45.8 Å². The molecule has 0 radical (unpaired) electrons. The van der Waals surface area contributed by atoms with Crippen LogP contribution in [0.1, 0.15) is 6.42 Å². The molecular formula is C17H13FN4O4S. The van der Waals surface area contributed by atoms with E-state index in [1.54, 1.807) is 0 Å². The van der Waals surface area contributed by atoms with Crippen LogP contribution in [0.3, 0.4) is 0 Å². The van der Waals surface area contributed by atoms with Crippen LogP contribution in [-0.4, -0.2) is 27.2 Å². The van der Waals surface area contributed by atoms with Crippen molar-refractivity contribution in [3.05, 3.63) is 64.5 Å². The minimum Gasteiger partial charge on any atom is -0.326 e. The summed E-state index contributed by atoms with van der Waals surface area (Å²) in [5.74, 6) is -1.21. The number of nitro benzene ring substituents is 1. The molecule has 0 unspecified atom stereocenters. The highest BCUT2D eigenvalue weighted by atomic mass is 32.2. The molecule has 27 heavy (non-hydrogen) atoms. The highest BCUT2D eigenvalue weighted by Crippen LogP contribution is 2.26. The third-order valence-corrected chi connectivity index (χ3v) is 4.63. The number of rotatable bonds is 5. The number of nitrogens with one attached hydrogen (secondary N) is 2. The monoisotopic (exact) mass is 388 g/mol. The molecule has 1 saturated heterocycles. The lowest BCUT2D eigenvalue weighted by molar-refractivity contribution is -0.384. The fourth-order valence-corrected chi connectivity index (χ4v) is 3.29. The summed E-state index contributed by atoms with van der Waals surface area (Å²) in [5.41, 5.74) is 0.605. The zero-order valence-electron chi connectivity index (χ0n) is 13.7. The van der Waals surface area contributed by atoms with E-state index in [9.17, 15) is 24.1 Å². The Balaban J connectivity index is 1.61. The minimum atomic E-state index is -0.678. The number of nitrogens with zero attached hydrogens (tertiary/aromatic N) is 2. The maximum Gasteiger partial charge on any atom is 0.271 e. The fraction of sp³-hybridized carbons (Fsp3) is 0.118. The van der Waals surface area contributed by atoms with Crippen molar-refractivity contribution in [1.29, 1.82) is 0 Å². The molecule has 0 saturated carbocycles. The molecule has 8 nitrogen and oxygen atoms in total. The number of hydrogen-bond acceptors (Lipinski definition) is 6. The summed E-state index contributed by atoms with van der Waals surface area (Å²) in [6, 6.07) is 11.0. The molecule has 0 spiro atoms. The van der Waals surface area contributed by atoms with Crippen molar-refractivity contribution in [1.82, 2.24) is 5.32 Å². The van der Waals surface area contributed by atoms with Gasteiger partial charge in [0.15, 0.2) is 5.17 Å². The minimum absolute atomic E-state index is 0.123. The first-order chi connectivity index (χ1) is 12.9. The van der Waals surface area contributed by atoms with Gasteiger partial charge in [-0.3, -0.25) is 19.7 Å². The van der Waals surface area contributed by atoms with Crippen molar-refractivity contribution in [2.75, 3.05) is 5.32 Å². The van der Waals surface area contributed by atoms with Gasteiger partial charge in [-0.1, -0.05) is 17.8 Å². The Kier molecular flexibility index (Phi) is 5.46. The molecule has 0 bridgehead atoms. The Labute approximate surface area is 157 Å². The summed E-state index contributed by atoms with van der Waals surface area (Å²) in [6.07, 6.45) is -0.123. The summed E-state index contributed by atoms with van der Waals surface area (Å²) < 4.78 is 12.9. The number of thioether (sulfide) groups is 1. The molecule has 1 atom stereocenters. The Morgan fingerprint density at radius 3 is 2.74 bits per heavy atom. The number of carbonyl (C=O) groups is 2. The van der Waals surface area contributed by atoms with Gasteiger partial charge in [0.25, 0.3) is 5.69 Å². The first-order valence-electron chi connectivity index (χ1n) is 7.77. The highest BCUT2D eigenvalue weighted by Gasteiger charge is 2.32. The lowest BCUT2D eigenvalue weighted by Crippen LogP contribution is -2.28. The molecule has 2 amide bonds. The van der Waals surface area contributed by atoms with Gasteiger partial charge in [0.1, 0.15) is 11.1 Å². The molecule has 1 aliphatic heterocycles. The predicted octanol–water partition coefficient (Wildman–Crippen LogP) is 2.98. The second-order valence-electron chi connectivity index (χ2n) is 5.55. The summed E-state index contributed by atoms with van der Waals surface area (Å²) in [4.78, 5) is 38.6. The Morgan fingerprint density at radius 1 is 1.30 bits per heavy atom. The molecule has 1 aliphatic rings. The molecular weight excluding hydrogens is 375 g/mol. The van der Waals surface area contributed by atoms with Crippen molar-refractivity contribution in [2.24, 2.45) is 4.99 Å². The average molecular weight is 388 g/mol. The summed E-state index contributed by atoms with van der Waals surface area (Å²) >= 11 is 1.09. The standard InChI is InChI=1S/C17H13FN4O4S/c18-10-4-6-11(7-5-10)20-17-21-16(24)14(27-17)9-15(23)19-12-2-1-3-13(8-12)22(25)26/h1-8,14H,9H2,(H,19,23)(H,20,21,24)/t14-/m1/s1. The van der Waals surface area contributed by atoms with Gasteiger partial charge in [-0.2, -0.15) is 0 Å². The molecule has 10 heteroatoms. The number of anilines is 1. The zero-order chi connectivity index (χ0) is 19.4. The number of amidine groups is 1. The van der Waals surface area contributed by atoms with E-state index in [-0.39, 0.29) is 23.7 Å². The van der Waals surface area contributed by atoms with Gasteiger partial charge in [0.2, 0.25) is 11.8 Å². The maximum atomic E-state index is 12.9. The van der Waals surface area contributed by atoms with Gasteiger partial charge in [-0.05, 0) is 30.3 Å². The van der Waals surface area contributed by atoms with Crippen LogP contribution >= 0.6 is 11.8 Å². The molecule has 1 heterocycles. The molecule has 138 valence electrons. The smallest absolute Gasteiger partial charge is 0.271 e. The van der Waals surface area contributed by atoms with E-state index in [4.69, 9.17) is 0 Å². The predicted molar refractivity (Wildman–Crippen MR) is 99.4 cm³/mol. The van der Waals surface area contributed by atoms with E-state index >= 15 is 0 Å². The number of non-ortho nitro benzene ring substituents is 1. The molecule has 1 fully saturated rings. The molecule has 2 aromatic carbocycles. The molecule has 0 aliphatic carbocycles. The first kappa shape index (κ1) is 18.5. The van der Waals surface area contributed by atoms with E-state index in [1.807, 2.05) is 0 Å². The van der Waals surface area contributed by atoms with Gasteiger partial charge < -0.3 is 10.6 Å². The number of aliphatic imine (C=N–C) groups is 1. The number of benzene rings is 2. The van der Waals surface area contributed by atoms with E-state index in [0.29, 0.717) is 10.9 Å². The SMILES string of the molecule is O=C(C[C@H]1SC(=Nc2ccc(F)cc2)NC1=O)Nc1cccc([N+](=O)[O-])c1. The van der Waals surface area contributed by atoms with Crippen molar-refractivity contribution in [2.45, 2.75) is 11.7 Å². The van der Waals surface area contributed by atoms with Crippen LogP contribution in [0.5, 0.6) is 0 Å². The third kappa shape index (κ3) is 4.88. The van der Waals surface area contributed by atoms with Crippen LogP contribution < -0.4 is 10.6 Å². The van der Waals surface area contributed by atoms with Crippen LogP contribution in [-0.2, 0) is 9.59 Å². The zero-order valence-corrected chi connectivity index (χ0v) is 14.5. The molecule has 3 rings (SSSR count). The Bertz CT molecular complexity index is 933. The number of nitro groups is 1. The topological polar surface area (TPSA) is 114 Å². The van der Waals surface area contributed by atoms with Crippen LogP contribution in [0.2, 0.25) is 0 Å². The normalized spacial score (nSPS) is 17.6. The van der Waals surface area contributed by atoms with Crippen LogP contribution in [0.15, 0.2) is 53.5 Å². The van der Waals surface area contributed by atoms with E-state index in [1.165, 1.54) is 48.5 Å². The van der Waals surface area contributed by atoms with E-state index in [0.717, 1.165) is 11.8 Å². The van der Waals surface area contributed by atoms with Crippen molar-refractivity contribution in [3.8, 4) is 0 Å². The first-order valence-corrected chi connectivity index (χ1v) is 8.65. The summed E-state index contributed by atoms with van der Waals surface area (Å²) in [6.45, 7) is 0. The second kappa shape index (κ2) is 7.96. The van der Waals surface area contributed by atoms with Gasteiger partial charge in [-0.15, -0.1) is 0 Å². The van der Waals surface area contributed by atoms with Gasteiger partial charge in [-0.25, -0.2) is 9.38 Å². The van der Waals surface area contributed by atoms with Gasteiger partial charge in [0, 0.05) is 24.2 Å². The lowest BCUT2D eigenvalue weighted by Gasteiger charge is -2.07. The number of hydrogen-bond donors (Lipinski definition) is 2. The quantitative estimate of drug-likeness (QED) is 0.604. The molecule has 2 N–H and O–H groups in total. The largest absolute Gasteiger partial charge is 0.326 e. The van der Waals surface area contributed by atoms with Crippen LogP contribution in [0.25, 0.3) is 0 Å². The number of carbonyl (C=O) groups excluding carboxylic acids is 2. The molecule has 0 aromatic heterocycles. The van der Waals surface area contributed by atoms with Crippen molar-refractivity contribution in [3.63, 3.8) is 0 Å². The van der Waals surface area contributed by atoms with Crippen molar-refractivity contribution < 1.29 is 18.9 Å². The van der Waals surface area contributed by atoms with Crippen LogP contribution in [0.4, 0.5) is 21.5 Å². The maximum absolute atomic E-state index is 12.9. The molecule has 2 aromatic rings. The Hall–Kier alpha value is -3.27. The second-order valence-corrected chi connectivity index (χ2v) is 6.74. The highest BCUT2D eigenvalue weighted by molar-refractivity contribution is 8.15. The summed E-state index contributed by atoms with van der Waals surface area (Å²) in [7, 11) is 0. The van der Waals surface area contributed by atoms with Gasteiger partial charge >= 0.3 is 0 Å². The number of halogens is 1. The fourth-order valence-electron chi connectivity index (χ4n) is 2.30. The van der Waals surface area contributed by atoms with E-state index < -0.39 is 21.9 Å². The van der Waals surface area contributed by atoms with E-state index in [2.05, 4.69) is 15.6 Å². The average Bonchev–Trinajstić information content (AvgIpc) is 2.96. The third-order valence-electron chi connectivity index (χ3n) is 3.55. The van der Waals surface area contributed by atoms with Crippen LogP contribution in [0, 0.1) is 15.9 Å².